The molecule has 3 rings (SSSR count). The molecule has 0 saturated carbocycles. The van der Waals surface area contributed by atoms with Crippen LogP contribution in [0.15, 0.2) is 18.3 Å². The maximum Gasteiger partial charge on any atom is 0.205 e. The van der Waals surface area contributed by atoms with Gasteiger partial charge in [0, 0.05) is 51.0 Å². The smallest absolute Gasteiger partial charge is 0.205 e. The van der Waals surface area contributed by atoms with E-state index in [4.69, 9.17) is 4.74 Å². The van der Waals surface area contributed by atoms with Gasteiger partial charge in [-0.25, -0.2) is 14.4 Å². The van der Waals surface area contributed by atoms with Gasteiger partial charge in [-0.2, -0.15) is 4.37 Å². The van der Waals surface area contributed by atoms with Gasteiger partial charge in [0.1, 0.15) is 6.10 Å². The van der Waals surface area contributed by atoms with Crippen LogP contribution in [0.4, 0.5) is 15.3 Å². The molecule has 2 aromatic rings. The third-order valence-corrected chi connectivity index (χ3v) is 4.53. The lowest BCUT2D eigenvalue weighted by molar-refractivity contribution is 0.113. The van der Waals surface area contributed by atoms with E-state index < -0.39 is 0 Å². The Hall–Kier alpha value is -1.80. The molecule has 118 valence electrons. The van der Waals surface area contributed by atoms with Gasteiger partial charge in [0.15, 0.2) is 17.5 Å². The zero-order chi connectivity index (χ0) is 15.5. The van der Waals surface area contributed by atoms with Gasteiger partial charge >= 0.3 is 0 Å². The van der Waals surface area contributed by atoms with Crippen molar-refractivity contribution in [3.05, 3.63) is 30.0 Å². The summed E-state index contributed by atoms with van der Waals surface area (Å²) < 4.78 is 23.3. The van der Waals surface area contributed by atoms with E-state index in [2.05, 4.69) is 19.2 Å². The second kappa shape index (κ2) is 6.53. The molecule has 6 nitrogen and oxygen atoms in total. The van der Waals surface area contributed by atoms with E-state index in [1.807, 2.05) is 11.8 Å². The summed E-state index contributed by atoms with van der Waals surface area (Å²) in [6, 6.07) is 3.05. The number of hydrogen-bond donors (Lipinski definition) is 0. The Labute approximate surface area is 132 Å². The summed E-state index contributed by atoms with van der Waals surface area (Å²) in [6.45, 7) is 4.89. The van der Waals surface area contributed by atoms with Crippen molar-refractivity contribution in [2.24, 2.45) is 0 Å². The molecule has 22 heavy (non-hydrogen) atoms. The Morgan fingerprint density at radius 2 is 2.00 bits per heavy atom. The fraction of sp³-hybridized carbons (Fsp3) is 0.500. The molecule has 1 aliphatic rings. The van der Waals surface area contributed by atoms with Crippen LogP contribution >= 0.6 is 11.5 Å². The van der Waals surface area contributed by atoms with Gasteiger partial charge in [-0.15, -0.1) is 0 Å². The van der Waals surface area contributed by atoms with Gasteiger partial charge in [0.2, 0.25) is 5.13 Å². The van der Waals surface area contributed by atoms with Crippen molar-refractivity contribution >= 4 is 22.5 Å². The summed E-state index contributed by atoms with van der Waals surface area (Å²) >= 11 is 1.38. The topological polar surface area (TPSA) is 54.4 Å². The molecule has 0 radical (unpaired) electrons. The monoisotopic (exact) mass is 323 g/mol. The van der Waals surface area contributed by atoms with Crippen molar-refractivity contribution in [3.8, 4) is 0 Å². The largest absolute Gasteiger partial charge is 0.374 e. The van der Waals surface area contributed by atoms with Crippen LogP contribution in [-0.4, -0.2) is 47.6 Å². The molecule has 0 spiro atoms. The minimum atomic E-state index is -0.275. The van der Waals surface area contributed by atoms with Crippen LogP contribution in [0.25, 0.3) is 0 Å². The predicted molar refractivity (Wildman–Crippen MR) is 84.0 cm³/mol. The number of methoxy groups -OCH3 is 1. The standard InChI is InChI=1S/C14H18FN5OS/c1-10(21-2)12-17-14(22-18-12)20-8-6-19(7-9-20)13-11(15)4-3-5-16-13/h3-5,10H,6-9H2,1-2H3/t10-/m0/s1. The molecule has 1 fully saturated rings. The molecule has 0 aromatic carbocycles. The van der Waals surface area contributed by atoms with E-state index in [1.165, 1.54) is 17.6 Å². The molecular formula is C14H18FN5OS. The molecular weight excluding hydrogens is 305 g/mol. The fourth-order valence-electron chi connectivity index (χ4n) is 2.34. The minimum Gasteiger partial charge on any atom is -0.374 e. The number of ether oxygens (including phenoxy) is 1. The van der Waals surface area contributed by atoms with Crippen molar-refractivity contribution in [1.82, 2.24) is 14.3 Å². The Bertz CT molecular complexity index is 629. The van der Waals surface area contributed by atoms with Crippen LogP contribution in [0, 0.1) is 5.82 Å². The van der Waals surface area contributed by atoms with E-state index in [0.29, 0.717) is 24.7 Å². The molecule has 1 atom stereocenters. The fourth-order valence-corrected chi connectivity index (χ4v) is 3.14. The van der Waals surface area contributed by atoms with E-state index in [-0.39, 0.29) is 11.9 Å². The first-order valence-corrected chi connectivity index (χ1v) is 7.93. The van der Waals surface area contributed by atoms with Crippen LogP contribution in [-0.2, 0) is 4.74 Å². The van der Waals surface area contributed by atoms with Gasteiger partial charge in [0.05, 0.1) is 0 Å². The molecule has 0 unspecified atom stereocenters. The molecule has 0 bridgehead atoms. The van der Waals surface area contributed by atoms with Crippen LogP contribution in [0.1, 0.15) is 18.9 Å². The SMILES string of the molecule is CO[C@@H](C)c1nsc(N2CCN(c3ncccc3F)CC2)n1. The summed E-state index contributed by atoms with van der Waals surface area (Å²) in [5, 5.41) is 0.889. The third-order valence-electron chi connectivity index (χ3n) is 3.74. The normalized spacial score (nSPS) is 16.9. The molecule has 3 heterocycles. The molecule has 1 saturated heterocycles. The number of pyridine rings is 1. The van der Waals surface area contributed by atoms with Crippen molar-refractivity contribution in [2.45, 2.75) is 13.0 Å². The quantitative estimate of drug-likeness (QED) is 0.859. The number of piperazine rings is 1. The number of hydrogen-bond acceptors (Lipinski definition) is 7. The first-order valence-electron chi connectivity index (χ1n) is 7.16. The second-order valence-electron chi connectivity index (χ2n) is 5.10. The lowest BCUT2D eigenvalue weighted by Crippen LogP contribution is -2.47. The Morgan fingerprint density at radius 1 is 1.27 bits per heavy atom. The van der Waals surface area contributed by atoms with E-state index in [0.717, 1.165) is 18.2 Å². The van der Waals surface area contributed by atoms with E-state index >= 15 is 0 Å². The van der Waals surface area contributed by atoms with Crippen LogP contribution < -0.4 is 9.80 Å². The maximum absolute atomic E-state index is 13.8. The predicted octanol–water partition coefficient (Wildman–Crippen LogP) is 2.11. The first kappa shape index (κ1) is 15.1. The summed E-state index contributed by atoms with van der Waals surface area (Å²) in [6.07, 6.45) is 1.52. The number of halogens is 1. The highest BCUT2D eigenvalue weighted by Crippen LogP contribution is 2.24. The highest BCUT2D eigenvalue weighted by atomic mass is 32.1. The van der Waals surface area contributed by atoms with Crippen LogP contribution in [0.3, 0.4) is 0 Å². The van der Waals surface area contributed by atoms with E-state index in [9.17, 15) is 4.39 Å². The molecule has 0 aliphatic carbocycles. The molecule has 0 N–H and O–H groups in total. The average Bonchev–Trinajstić information content (AvgIpc) is 3.05. The number of anilines is 2. The molecule has 2 aromatic heterocycles. The average molecular weight is 323 g/mol. The number of aromatic nitrogens is 3. The molecule has 8 heteroatoms. The zero-order valence-corrected chi connectivity index (χ0v) is 13.4. The van der Waals surface area contributed by atoms with Gasteiger partial charge in [-0.3, -0.25) is 0 Å². The number of nitrogens with zero attached hydrogens (tertiary/aromatic N) is 5. The summed E-state index contributed by atoms with van der Waals surface area (Å²) in [7, 11) is 1.64. The third kappa shape index (κ3) is 3.02. The Morgan fingerprint density at radius 3 is 2.68 bits per heavy atom. The Kier molecular flexibility index (Phi) is 4.49. The van der Waals surface area contributed by atoms with Crippen molar-refractivity contribution in [3.63, 3.8) is 0 Å². The zero-order valence-electron chi connectivity index (χ0n) is 12.6. The van der Waals surface area contributed by atoms with Crippen molar-refractivity contribution in [2.75, 3.05) is 43.1 Å². The lowest BCUT2D eigenvalue weighted by atomic mass is 10.3. The van der Waals surface area contributed by atoms with Gasteiger partial charge in [0.25, 0.3) is 0 Å². The lowest BCUT2D eigenvalue weighted by Gasteiger charge is -2.35. The van der Waals surface area contributed by atoms with Crippen LogP contribution in [0.2, 0.25) is 0 Å². The number of rotatable bonds is 4. The van der Waals surface area contributed by atoms with Gasteiger partial charge in [-0.1, -0.05) is 0 Å². The second-order valence-corrected chi connectivity index (χ2v) is 5.83. The maximum atomic E-state index is 13.8. The van der Waals surface area contributed by atoms with E-state index in [1.54, 1.807) is 19.4 Å². The van der Waals surface area contributed by atoms with Gasteiger partial charge in [-0.05, 0) is 19.1 Å². The molecule has 0 amide bonds. The first-order chi connectivity index (χ1) is 10.7. The van der Waals surface area contributed by atoms with Crippen molar-refractivity contribution in [1.29, 1.82) is 0 Å². The Balaban J connectivity index is 1.64. The summed E-state index contributed by atoms with van der Waals surface area (Å²) in [4.78, 5) is 12.8. The van der Waals surface area contributed by atoms with Crippen molar-refractivity contribution < 1.29 is 9.13 Å². The summed E-state index contributed by atoms with van der Waals surface area (Å²) in [5.74, 6) is 0.858. The summed E-state index contributed by atoms with van der Waals surface area (Å²) in [5.41, 5.74) is 0. The minimum absolute atomic E-state index is 0.103. The molecule has 1 aliphatic heterocycles. The van der Waals surface area contributed by atoms with Gasteiger partial charge < -0.3 is 14.5 Å². The highest BCUT2D eigenvalue weighted by molar-refractivity contribution is 7.09. The van der Waals surface area contributed by atoms with Crippen LogP contribution in [0.5, 0.6) is 0 Å². The highest BCUT2D eigenvalue weighted by Gasteiger charge is 2.23.